The molecule has 0 amide bonds. The van der Waals surface area contributed by atoms with Gasteiger partial charge in [0.1, 0.15) is 17.7 Å². The maximum absolute atomic E-state index is 14.5. The molecule has 0 bridgehead atoms. The molecule has 0 saturated carbocycles. The van der Waals surface area contributed by atoms with Crippen molar-refractivity contribution in [2.75, 3.05) is 13.2 Å². The number of aryl methyl sites for hydroxylation is 1. The third-order valence-electron chi connectivity index (χ3n) is 4.43. The van der Waals surface area contributed by atoms with E-state index in [0.29, 0.717) is 30.5 Å². The number of sulfonamides is 1. The fourth-order valence-corrected chi connectivity index (χ4v) is 4.23. The van der Waals surface area contributed by atoms with Gasteiger partial charge in [0, 0.05) is 31.1 Å². The van der Waals surface area contributed by atoms with Crippen LogP contribution in [0.25, 0.3) is 0 Å². The molecule has 1 atom stereocenters. The molecule has 1 N–H and O–H groups in total. The van der Waals surface area contributed by atoms with Gasteiger partial charge < -0.3 is 14.0 Å². The average molecular weight is 434 g/mol. The first-order chi connectivity index (χ1) is 14.4. The van der Waals surface area contributed by atoms with Crippen molar-refractivity contribution in [2.45, 2.75) is 24.8 Å². The quantitative estimate of drug-likeness (QED) is 0.559. The van der Waals surface area contributed by atoms with Gasteiger partial charge in [-0.05, 0) is 32.0 Å². The van der Waals surface area contributed by atoms with Gasteiger partial charge in [-0.2, -0.15) is 4.72 Å². The van der Waals surface area contributed by atoms with Crippen LogP contribution in [0.2, 0.25) is 0 Å². The van der Waals surface area contributed by atoms with Gasteiger partial charge in [-0.3, -0.25) is 0 Å². The summed E-state index contributed by atoms with van der Waals surface area (Å²) < 4.78 is 56.2. The highest BCUT2D eigenvalue weighted by Crippen LogP contribution is 2.32. The fourth-order valence-electron chi connectivity index (χ4n) is 3.04. The molecule has 160 valence electrons. The minimum Gasteiger partial charge on any atom is -0.490 e. The summed E-state index contributed by atoms with van der Waals surface area (Å²) in [6.45, 7) is 4.39. The van der Waals surface area contributed by atoms with E-state index in [2.05, 4.69) is 9.71 Å². The van der Waals surface area contributed by atoms with Crippen molar-refractivity contribution < 1.29 is 22.3 Å². The lowest BCUT2D eigenvalue weighted by molar-refractivity contribution is 0.287. The molecule has 0 spiro atoms. The highest BCUT2D eigenvalue weighted by molar-refractivity contribution is 7.89. The fraction of sp³-hybridized carbons (Fsp3) is 0.286. The number of rotatable bonds is 9. The Labute approximate surface area is 175 Å². The van der Waals surface area contributed by atoms with Crippen LogP contribution in [0.4, 0.5) is 4.39 Å². The Morgan fingerprint density at radius 2 is 1.80 bits per heavy atom. The smallest absolute Gasteiger partial charge is 0.241 e. The normalized spacial score (nSPS) is 12.5. The van der Waals surface area contributed by atoms with Crippen LogP contribution in [0.15, 0.2) is 59.8 Å². The van der Waals surface area contributed by atoms with E-state index in [4.69, 9.17) is 9.47 Å². The zero-order valence-corrected chi connectivity index (χ0v) is 17.8. The number of aromatic nitrogens is 2. The van der Waals surface area contributed by atoms with Crippen molar-refractivity contribution >= 4 is 10.0 Å². The molecule has 3 rings (SSSR count). The Bertz CT molecular complexity index is 1110. The van der Waals surface area contributed by atoms with E-state index < -0.39 is 21.9 Å². The van der Waals surface area contributed by atoms with Crippen LogP contribution in [0.5, 0.6) is 11.5 Å². The lowest BCUT2D eigenvalue weighted by atomic mass is 10.1. The topological polar surface area (TPSA) is 82.5 Å². The Kier molecular flexibility index (Phi) is 6.73. The van der Waals surface area contributed by atoms with Crippen molar-refractivity contribution in [3.63, 3.8) is 0 Å². The first-order valence-corrected chi connectivity index (χ1v) is 11.0. The zero-order chi connectivity index (χ0) is 21.7. The molecular formula is C21H24FN3O4S. The first kappa shape index (κ1) is 21.8. The number of hydrogen-bond acceptors (Lipinski definition) is 5. The van der Waals surface area contributed by atoms with Gasteiger partial charge in [0.05, 0.1) is 18.1 Å². The number of nitrogens with zero attached hydrogens (tertiary/aromatic N) is 2. The summed E-state index contributed by atoms with van der Waals surface area (Å²) in [7, 11) is -2.33. The molecule has 2 aromatic carbocycles. The third-order valence-corrected chi connectivity index (χ3v) is 5.85. The molecule has 0 aliphatic heterocycles. The largest absolute Gasteiger partial charge is 0.490 e. The second-order valence-corrected chi connectivity index (χ2v) is 8.16. The summed E-state index contributed by atoms with van der Waals surface area (Å²) in [6, 6.07) is 9.35. The van der Waals surface area contributed by atoms with Gasteiger partial charge in [-0.15, -0.1) is 0 Å². The van der Waals surface area contributed by atoms with E-state index in [-0.39, 0.29) is 10.5 Å². The SMILES string of the molecule is CCOc1ccc(S(=O)(=O)NC(c2ccccc2F)c2nccn2C)cc1OCC. The van der Waals surface area contributed by atoms with Crippen molar-refractivity contribution in [3.8, 4) is 11.5 Å². The summed E-state index contributed by atoms with van der Waals surface area (Å²) in [4.78, 5) is 4.20. The lowest BCUT2D eigenvalue weighted by Crippen LogP contribution is -2.31. The molecule has 1 heterocycles. The molecule has 0 saturated heterocycles. The van der Waals surface area contributed by atoms with Crippen molar-refractivity contribution in [3.05, 3.63) is 72.1 Å². The van der Waals surface area contributed by atoms with Crippen LogP contribution in [0.3, 0.4) is 0 Å². The van der Waals surface area contributed by atoms with E-state index in [1.807, 2.05) is 6.92 Å². The maximum Gasteiger partial charge on any atom is 0.241 e. The average Bonchev–Trinajstić information content (AvgIpc) is 3.14. The van der Waals surface area contributed by atoms with E-state index in [0.717, 1.165) is 0 Å². The van der Waals surface area contributed by atoms with Gasteiger partial charge in [0.25, 0.3) is 0 Å². The number of imidazole rings is 1. The van der Waals surface area contributed by atoms with Gasteiger partial charge in [-0.25, -0.2) is 17.8 Å². The van der Waals surface area contributed by atoms with Crippen molar-refractivity contribution in [2.24, 2.45) is 7.05 Å². The maximum atomic E-state index is 14.5. The highest BCUT2D eigenvalue weighted by atomic mass is 32.2. The number of nitrogens with one attached hydrogen (secondary N) is 1. The zero-order valence-electron chi connectivity index (χ0n) is 17.0. The van der Waals surface area contributed by atoms with Crippen LogP contribution in [-0.2, 0) is 17.1 Å². The molecule has 9 heteroatoms. The Morgan fingerprint density at radius 3 is 2.43 bits per heavy atom. The van der Waals surface area contributed by atoms with Crippen molar-refractivity contribution in [1.82, 2.24) is 14.3 Å². The molecule has 3 aromatic rings. The van der Waals surface area contributed by atoms with Crippen LogP contribution in [-0.4, -0.2) is 31.2 Å². The van der Waals surface area contributed by atoms with E-state index in [1.165, 1.54) is 30.5 Å². The molecule has 7 nitrogen and oxygen atoms in total. The van der Waals surface area contributed by atoms with Gasteiger partial charge in [0.2, 0.25) is 10.0 Å². The number of hydrogen-bond donors (Lipinski definition) is 1. The number of ether oxygens (including phenoxy) is 2. The van der Waals surface area contributed by atoms with Crippen LogP contribution < -0.4 is 14.2 Å². The highest BCUT2D eigenvalue weighted by Gasteiger charge is 2.28. The predicted octanol–water partition coefficient (Wildman–Crippen LogP) is 3.42. The summed E-state index contributed by atoms with van der Waals surface area (Å²) >= 11 is 0. The van der Waals surface area contributed by atoms with Crippen LogP contribution >= 0.6 is 0 Å². The molecular weight excluding hydrogens is 409 g/mol. The minimum atomic E-state index is -4.05. The molecule has 30 heavy (non-hydrogen) atoms. The van der Waals surface area contributed by atoms with Gasteiger partial charge in [0.15, 0.2) is 11.5 Å². The molecule has 1 unspecified atom stereocenters. The Hall–Kier alpha value is -2.91. The number of benzene rings is 2. The molecule has 0 aliphatic rings. The summed E-state index contributed by atoms with van der Waals surface area (Å²) in [5.74, 6) is 0.601. The van der Waals surface area contributed by atoms with Crippen LogP contribution in [0, 0.1) is 5.82 Å². The Balaban J connectivity index is 2.03. The second kappa shape index (κ2) is 9.27. The standard InChI is InChI=1S/C21H24FN3O4S/c1-4-28-18-11-10-15(14-19(18)29-5-2)30(26,27)24-20(21-23-12-13-25(21)3)16-8-6-7-9-17(16)22/h6-14,20,24H,4-5H2,1-3H3. The van der Waals surface area contributed by atoms with Crippen LogP contribution in [0.1, 0.15) is 31.3 Å². The molecule has 0 radical (unpaired) electrons. The first-order valence-electron chi connectivity index (χ1n) is 9.51. The van der Waals surface area contributed by atoms with Gasteiger partial charge in [-0.1, -0.05) is 18.2 Å². The molecule has 0 aliphatic carbocycles. The summed E-state index contributed by atoms with van der Waals surface area (Å²) in [6.07, 6.45) is 3.20. The van der Waals surface area contributed by atoms with E-state index >= 15 is 0 Å². The summed E-state index contributed by atoms with van der Waals surface area (Å²) in [5, 5.41) is 0. The Morgan fingerprint density at radius 1 is 1.10 bits per heavy atom. The predicted molar refractivity (Wildman–Crippen MR) is 111 cm³/mol. The third kappa shape index (κ3) is 4.63. The van der Waals surface area contributed by atoms with E-state index in [1.54, 1.807) is 42.9 Å². The minimum absolute atomic E-state index is 0.0232. The molecule has 0 fully saturated rings. The van der Waals surface area contributed by atoms with Gasteiger partial charge >= 0.3 is 0 Å². The number of halogens is 1. The van der Waals surface area contributed by atoms with E-state index in [9.17, 15) is 12.8 Å². The lowest BCUT2D eigenvalue weighted by Gasteiger charge is -2.20. The summed E-state index contributed by atoms with van der Waals surface area (Å²) in [5.41, 5.74) is 0.173. The second-order valence-electron chi connectivity index (χ2n) is 6.45. The van der Waals surface area contributed by atoms with Crippen molar-refractivity contribution in [1.29, 1.82) is 0 Å². The molecule has 1 aromatic heterocycles. The monoisotopic (exact) mass is 433 g/mol.